The van der Waals surface area contributed by atoms with Crippen molar-refractivity contribution in [2.75, 3.05) is 31.6 Å². The van der Waals surface area contributed by atoms with Crippen molar-refractivity contribution in [3.05, 3.63) is 27.8 Å². The number of morpholine rings is 1. The number of aromatic nitrogens is 4. The molecule has 3 heterocycles. The summed E-state index contributed by atoms with van der Waals surface area (Å²) in [5, 5.41) is 10.6. The Morgan fingerprint density at radius 2 is 1.94 bits per heavy atom. The van der Waals surface area contributed by atoms with Gasteiger partial charge in [0.1, 0.15) is 5.69 Å². The smallest absolute Gasteiger partial charge is 0.378 e. The van der Waals surface area contributed by atoms with E-state index in [-0.39, 0.29) is 40.6 Å². The van der Waals surface area contributed by atoms with E-state index >= 15 is 0 Å². The van der Waals surface area contributed by atoms with E-state index in [2.05, 4.69) is 31.4 Å². The van der Waals surface area contributed by atoms with Gasteiger partial charge >= 0.3 is 6.18 Å². The minimum atomic E-state index is -4.58. The summed E-state index contributed by atoms with van der Waals surface area (Å²) in [5.74, 6) is -0.690. The van der Waals surface area contributed by atoms with Gasteiger partial charge in [-0.1, -0.05) is 0 Å². The summed E-state index contributed by atoms with van der Waals surface area (Å²) < 4.78 is 47.9. The van der Waals surface area contributed by atoms with Crippen molar-refractivity contribution in [3.63, 3.8) is 0 Å². The highest BCUT2D eigenvalue weighted by molar-refractivity contribution is 9.10. The van der Waals surface area contributed by atoms with Crippen LogP contribution in [0, 0.1) is 0 Å². The number of anilines is 1. The number of ether oxygens (including phenoxy) is 1. The Morgan fingerprint density at radius 3 is 2.55 bits per heavy atom. The normalized spacial score (nSPS) is 16.8. The summed E-state index contributed by atoms with van der Waals surface area (Å²) in [5.41, 5.74) is 0.0375. The van der Waals surface area contributed by atoms with Crippen molar-refractivity contribution in [2.24, 2.45) is 0 Å². The van der Waals surface area contributed by atoms with E-state index in [1.54, 1.807) is 4.90 Å². The quantitative estimate of drug-likeness (QED) is 0.590. The number of nitrogens with one attached hydrogen (secondary N) is 1. The highest BCUT2D eigenvalue weighted by Gasteiger charge is 2.41. The molecule has 0 spiro atoms. The highest BCUT2D eigenvalue weighted by atomic mass is 79.9. The van der Waals surface area contributed by atoms with Crippen LogP contribution in [-0.2, 0) is 28.8 Å². The second-order valence-electron chi connectivity index (χ2n) is 7.97. The average molecular weight is 533 g/mol. The number of rotatable bonds is 7. The number of halogens is 4. The number of carbonyl (C=O) groups is 2. The van der Waals surface area contributed by atoms with Crippen LogP contribution in [-0.4, -0.2) is 62.6 Å². The zero-order chi connectivity index (χ0) is 23.8. The summed E-state index contributed by atoms with van der Waals surface area (Å²) in [6, 6.07) is 0. The first kappa shape index (κ1) is 23.7. The molecule has 2 aromatic heterocycles. The van der Waals surface area contributed by atoms with E-state index in [1.807, 2.05) is 6.92 Å². The monoisotopic (exact) mass is 532 g/mol. The molecule has 180 valence electrons. The van der Waals surface area contributed by atoms with Gasteiger partial charge in [-0.05, 0) is 35.7 Å². The maximum Gasteiger partial charge on any atom is 0.436 e. The first-order valence-corrected chi connectivity index (χ1v) is 11.6. The van der Waals surface area contributed by atoms with E-state index in [1.165, 1.54) is 15.6 Å². The number of aryl methyl sites for hydroxylation is 2. The average Bonchev–Trinajstić information content (AvgIpc) is 3.44. The standard InChI is InChI=1S/C20H24BrF3N6O3/c1-2-29-17(19(32)28-7-9-33-10-8-28)13(11-25-29)26-14(31)5-6-30-16(12-3-4-12)15(21)18(27-30)20(22,23)24/h11-12H,2-10H2,1H3,(H,26,31). The van der Waals surface area contributed by atoms with Crippen LogP contribution in [0.25, 0.3) is 0 Å². The maximum atomic E-state index is 13.3. The lowest BCUT2D eigenvalue weighted by Crippen LogP contribution is -2.41. The van der Waals surface area contributed by atoms with Gasteiger partial charge in [0.2, 0.25) is 5.91 Å². The van der Waals surface area contributed by atoms with Crippen molar-refractivity contribution in [1.29, 1.82) is 0 Å². The first-order chi connectivity index (χ1) is 15.7. The molecule has 9 nitrogen and oxygen atoms in total. The highest BCUT2D eigenvalue weighted by Crippen LogP contribution is 2.47. The van der Waals surface area contributed by atoms with Crippen LogP contribution in [0.15, 0.2) is 10.7 Å². The number of amides is 2. The van der Waals surface area contributed by atoms with Gasteiger partial charge < -0.3 is 15.0 Å². The Labute approximate surface area is 196 Å². The second-order valence-corrected chi connectivity index (χ2v) is 8.76. The Kier molecular flexibility index (Phi) is 6.80. The van der Waals surface area contributed by atoms with Crippen LogP contribution in [0.1, 0.15) is 54.0 Å². The molecule has 1 aliphatic heterocycles. The van der Waals surface area contributed by atoms with Crippen molar-refractivity contribution in [2.45, 2.75) is 51.4 Å². The molecule has 0 unspecified atom stereocenters. The number of hydrogen-bond acceptors (Lipinski definition) is 5. The Bertz CT molecular complexity index is 1040. The number of carbonyl (C=O) groups excluding carboxylic acids is 2. The topological polar surface area (TPSA) is 94.3 Å². The maximum absolute atomic E-state index is 13.3. The summed E-state index contributed by atoms with van der Waals surface area (Å²) >= 11 is 3.05. The summed E-state index contributed by atoms with van der Waals surface area (Å²) in [7, 11) is 0. The SMILES string of the molecule is CCn1ncc(NC(=O)CCn2nc(C(F)(F)F)c(Br)c2C2CC2)c1C(=O)N1CCOCC1. The van der Waals surface area contributed by atoms with Crippen LogP contribution in [0.5, 0.6) is 0 Å². The molecule has 1 N–H and O–H groups in total. The number of hydrogen-bond donors (Lipinski definition) is 1. The third kappa shape index (κ3) is 5.08. The van der Waals surface area contributed by atoms with Crippen molar-refractivity contribution >= 4 is 33.4 Å². The summed E-state index contributed by atoms with van der Waals surface area (Å²) in [6.45, 7) is 4.03. The van der Waals surface area contributed by atoms with Gasteiger partial charge in [0, 0.05) is 32.0 Å². The van der Waals surface area contributed by atoms with Gasteiger partial charge in [0.05, 0.1) is 41.8 Å². The fourth-order valence-electron chi connectivity index (χ4n) is 3.83. The molecule has 1 aliphatic carbocycles. The van der Waals surface area contributed by atoms with Crippen molar-refractivity contribution in [1.82, 2.24) is 24.5 Å². The minimum absolute atomic E-state index is 0.00608. The lowest BCUT2D eigenvalue weighted by molar-refractivity contribution is -0.142. The van der Waals surface area contributed by atoms with Gasteiger partial charge in [0.15, 0.2) is 5.69 Å². The van der Waals surface area contributed by atoms with Crippen LogP contribution in [0.2, 0.25) is 0 Å². The fraction of sp³-hybridized carbons (Fsp3) is 0.600. The number of alkyl halides is 3. The Balaban J connectivity index is 1.47. The molecule has 2 amide bonds. The van der Waals surface area contributed by atoms with Gasteiger partial charge in [0.25, 0.3) is 5.91 Å². The van der Waals surface area contributed by atoms with E-state index in [0.29, 0.717) is 38.5 Å². The first-order valence-electron chi connectivity index (χ1n) is 10.8. The summed E-state index contributed by atoms with van der Waals surface area (Å²) in [4.78, 5) is 27.3. The van der Waals surface area contributed by atoms with E-state index in [4.69, 9.17) is 4.74 Å². The Hall–Kier alpha value is -2.41. The zero-order valence-corrected chi connectivity index (χ0v) is 19.6. The molecular formula is C20H24BrF3N6O3. The van der Waals surface area contributed by atoms with Crippen LogP contribution in [0.3, 0.4) is 0 Å². The molecule has 0 radical (unpaired) electrons. The van der Waals surface area contributed by atoms with Crippen molar-refractivity contribution in [3.8, 4) is 0 Å². The Morgan fingerprint density at radius 1 is 1.24 bits per heavy atom. The third-order valence-electron chi connectivity index (χ3n) is 5.63. The van der Waals surface area contributed by atoms with Crippen molar-refractivity contribution < 1.29 is 27.5 Å². The predicted octanol–water partition coefficient (Wildman–Crippen LogP) is 3.26. The van der Waals surface area contributed by atoms with Crippen LogP contribution < -0.4 is 5.32 Å². The molecule has 0 bridgehead atoms. The fourth-order valence-corrected chi connectivity index (χ4v) is 4.66. The minimum Gasteiger partial charge on any atom is -0.378 e. The molecule has 0 aromatic carbocycles. The van der Waals surface area contributed by atoms with Gasteiger partial charge in [-0.15, -0.1) is 0 Å². The molecule has 2 aromatic rings. The third-order valence-corrected chi connectivity index (χ3v) is 6.41. The lowest BCUT2D eigenvalue weighted by atomic mass is 10.2. The van der Waals surface area contributed by atoms with Gasteiger partial charge in [-0.3, -0.25) is 19.0 Å². The molecule has 0 atom stereocenters. The van der Waals surface area contributed by atoms with Gasteiger partial charge in [-0.2, -0.15) is 23.4 Å². The molecule has 1 saturated carbocycles. The molecule has 4 rings (SSSR count). The lowest BCUT2D eigenvalue weighted by Gasteiger charge is -2.27. The van der Waals surface area contributed by atoms with E-state index in [0.717, 1.165) is 12.8 Å². The molecule has 2 fully saturated rings. The van der Waals surface area contributed by atoms with E-state index < -0.39 is 17.8 Å². The number of nitrogens with zero attached hydrogens (tertiary/aromatic N) is 5. The molecule has 13 heteroatoms. The summed E-state index contributed by atoms with van der Waals surface area (Å²) in [6.07, 6.45) is -1.70. The molecular weight excluding hydrogens is 509 g/mol. The predicted molar refractivity (Wildman–Crippen MR) is 115 cm³/mol. The largest absolute Gasteiger partial charge is 0.436 e. The molecule has 2 aliphatic rings. The molecule has 1 saturated heterocycles. The van der Waals surface area contributed by atoms with E-state index in [9.17, 15) is 22.8 Å². The zero-order valence-electron chi connectivity index (χ0n) is 18.0. The van der Waals surface area contributed by atoms with Gasteiger partial charge in [-0.25, -0.2) is 0 Å². The van der Waals surface area contributed by atoms with Crippen LogP contribution in [0.4, 0.5) is 18.9 Å². The second kappa shape index (κ2) is 9.45. The molecule has 33 heavy (non-hydrogen) atoms. The van der Waals surface area contributed by atoms with Crippen LogP contribution >= 0.6 is 15.9 Å².